The first-order chi connectivity index (χ1) is 14.0. The number of benzene rings is 1. The second-order valence-corrected chi connectivity index (χ2v) is 8.93. The van der Waals surface area contributed by atoms with E-state index in [4.69, 9.17) is 11.0 Å². The fourth-order valence-electron chi connectivity index (χ4n) is 3.99. The van der Waals surface area contributed by atoms with Crippen LogP contribution in [0.15, 0.2) is 15.6 Å². The van der Waals surface area contributed by atoms with Crippen LogP contribution in [0.3, 0.4) is 0 Å². The molecule has 7 heteroatoms. The number of hydrogen-bond acceptors (Lipinski definition) is 5. The van der Waals surface area contributed by atoms with Crippen molar-refractivity contribution >= 4 is 44.3 Å². The van der Waals surface area contributed by atoms with Gasteiger partial charge in [0.25, 0.3) is 0 Å². The third-order valence-electron chi connectivity index (χ3n) is 5.56. The van der Waals surface area contributed by atoms with E-state index in [0.717, 1.165) is 23.2 Å². The van der Waals surface area contributed by atoms with Gasteiger partial charge in [0.05, 0.1) is 21.8 Å². The molecule has 1 aliphatic rings. The van der Waals surface area contributed by atoms with Crippen LogP contribution in [0.25, 0.3) is 10.9 Å². The van der Waals surface area contributed by atoms with Gasteiger partial charge >= 0.3 is 0 Å². The number of aromatic nitrogens is 1. The second kappa shape index (κ2) is 9.34. The highest BCUT2D eigenvalue weighted by Gasteiger charge is 2.37. The van der Waals surface area contributed by atoms with Crippen LogP contribution in [0.5, 0.6) is 0 Å². The number of nitrogens with zero attached hydrogens (tertiary/aromatic N) is 2. The molecule has 0 radical (unpaired) electrons. The Morgan fingerprint density at radius 3 is 2.83 bits per heavy atom. The average Bonchev–Trinajstić information content (AvgIpc) is 2.72. The summed E-state index contributed by atoms with van der Waals surface area (Å²) in [5, 5.41) is 14.0. The molecule has 0 amide bonds. The van der Waals surface area contributed by atoms with Crippen molar-refractivity contribution in [3.63, 3.8) is 0 Å². The molecule has 0 aliphatic heterocycles. The third-order valence-corrected chi connectivity index (χ3v) is 7.10. The zero-order valence-electron chi connectivity index (χ0n) is 16.8. The zero-order chi connectivity index (χ0) is 21.1. The van der Waals surface area contributed by atoms with Gasteiger partial charge in [-0.05, 0) is 72.0 Å². The Balaban J connectivity index is 2.27. The largest absolute Gasteiger partial charge is 0.380 e. The van der Waals surface area contributed by atoms with Crippen LogP contribution in [-0.2, 0) is 6.42 Å². The zero-order valence-corrected chi connectivity index (χ0v) is 19.2. The molecule has 0 bridgehead atoms. The maximum atomic E-state index is 15.3. The molecule has 1 saturated carbocycles. The molecular formula is C22H24BrFN4S. The number of fused-ring (bicyclic) bond motifs is 1. The van der Waals surface area contributed by atoms with E-state index in [0.29, 0.717) is 51.6 Å². The van der Waals surface area contributed by atoms with Crippen molar-refractivity contribution in [1.29, 1.82) is 5.26 Å². The fourth-order valence-corrected chi connectivity index (χ4v) is 5.03. The summed E-state index contributed by atoms with van der Waals surface area (Å²) in [7, 11) is 0. The maximum absolute atomic E-state index is 15.3. The molecule has 1 aromatic heterocycles. The van der Waals surface area contributed by atoms with Gasteiger partial charge in [-0.25, -0.2) is 9.37 Å². The Kier molecular flexibility index (Phi) is 7.05. The Labute approximate surface area is 184 Å². The van der Waals surface area contributed by atoms with E-state index in [1.807, 2.05) is 12.3 Å². The molecular weight excluding hydrogens is 451 g/mol. The predicted molar refractivity (Wildman–Crippen MR) is 121 cm³/mol. The number of nitrogens with two attached hydrogens (primary N) is 1. The number of aryl methyl sites for hydroxylation is 1. The van der Waals surface area contributed by atoms with Crippen molar-refractivity contribution in [1.82, 2.24) is 4.98 Å². The number of halogens is 2. The van der Waals surface area contributed by atoms with Crippen molar-refractivity contribution in [2.45, 2.75) is 44.2 Å². The third kappa shape index (κ3) is 4.10. The molecule has 0 saturated heterocycles. The second-order valence-electron chi connectivity index (χ2n) is 7.34. The lowest BCUT2D eigenvalue weighted by atomic mass is 9.70. The summed E-state index contributed by atoms with van der Waals surface area (Å²) in [6.07, 6.45) is 3.78. The number of hydrogen-bond donors (Lipinski definition) is 2. The minimum atomic E-state index is -0.401. The van der Waals surface area contributed by atoms with E-state index in [-0.39, 0.29) is 6.04 Å². The van der Waals surface area contributed by atoms with Gasteiger partial charge in [0.15, 0.2) is 5.82 Å². The number of nitrogens with one attached hydrogen (secondary N) is 1. The molecule has 1 aliphatic carbocycles. The Morgan fingerprint density at radius 1 is 1.48 bits per heavy atom. The van der Waals surface area contributed by atoms with Crippen LogP contribution in [-0.4, -0.2) is 23.8 Å². The van der Waals surface area contributed by atoms with Crippen LogP contribution >= 0.6 is 27.7 Å². The first kappa shape index (κ1) is 21.9. The average molecular weight is 475 g/mol. The standard InChI is InChI=1S/C22H24BrFN4S/c1-4-6-15-20(27-19-12(2)9-14(19)11-26)16-10-13(7-5-8-25)17(23)18(24)21(16)28-22(15)29-3/h10,12,14,19H,5,7,9,11,26H2,1-3H3,(H,27,28)/t12-,14+,19+/m0/s1. The van der Waals surface area contributed by atoms with Crippen LogP contribution in [0.2, 0.25) is 0 Å². The molecule has 3 N–H and O–H groups in total. The van der Waals surface area contributed by atoms with Gasteiger partial charge in [-0.2, -0.15) is 5.26 Å². The smallest absolute Gasteiger partial charge is 0.163 e. The monoisotopic (exact) mass is 474 g/mol. The summed E-state index contributed by atoms with van der Waals surface area (Å²) in [6.45, 7) is 4.60. The fraction of sp³-hybridized carbons (Fsp3) is 0.455. The van der Waals surface area contributed by atoms with Gasteiger partial charge in [-0.3, -0.25) is 0 Å². The van der Waals surface area contributed by atoms with Crippen molar-refractivity contribution in [3.05, 3.63) is 27.5 Å². The molecule has 4 nitrogen and oxygen atoms in total. The Bertz CT molecular complexity index is 1040. The minimum absolute atomic E-state index is 0.215. The maximum Gasteiger partial charge on any atom is 0.163 e. The molecule has 3 rings (SSSR count). The summed E-state index contributed by atoms with van der Waals surface area (Å²) in [5.74, 6) is 6.60. The van der Waals surface area contributed by atoms with Gasteiger partial charge in [-0.1, -0.05) is 12.8 Å². The van der Waals surface area contributed by atoms with E-state index >= 15 is 4.39 Å². The normalized spacial score (nSPS) is 20.5. The highest BCUT2D eigenvalue weighted by atomic mass is 79.9. The van der Waals surface area contributed by atoms with Crippen molar-refractivity contribution < 1.29 is 4.39 Å². The lowest BCUT2D eigenvalue weighted by Gasteiger charge is -2.44. The summed E-state index contributed by atoms with van der Waals surface area (Å²) in [6, 6.07) is 4.28. The molecule has 1 aromatic carbocycles. The number of nitriles is 1. The first-order valence-electron chi connectivity index (χ1n) is 9.61. The summed E-state index contributed by atoms with van der Waals surface area (Å²) in [5.41, 5.74) is 8.61. The Hall–Kier alpha value is -1.80. The molecule has 29 heavy (non-hydrogen) atoms. The van der Waals surface area contributed by atoms with Crippen LogP contribution < -0.4 is 11.1 Å². The molecule has 3 atom stereocenters. The van der Waals surface area contributed by atoms with E-state index in [2.05, 4.69) is 51.1 Å². The highest BCUT2D eigenvalue weighted by molar-refractivity contribution is 9.10. The highest BCUT2D eigenvalue weighted by Crippen LogP contribution is 2.41. The van der Waals surface area contributed by atoms with Gasteiger partial charge < -0.3 is 11.1 Å². The van der Waals surface area contributed by atoms with Crippen molar-refractivity contribution in [2.24, 2.45) is 17.6 Å². The van der Waals surface area contributed by atoms with Crippen molar-refractivity contribution in [3.8, 4) is 17.9 Å². The lowest BCUT2D eigenvalue weighted by molar-refractivity contribution is 0.186. The van der Waals surface area contributed by atoms with E-state index < -0.39 is 5.82 Å². The molecule has 0 spiro atoms. The van der Waals surface area contributed by atoms with E-state index in [1.54, 1.807) is 6.92 Å². The SMILES string of the molecule is CC#Cc1c(SC)nc2c(F)c(Br)c(CCC#N)cc2c1N[C@H]1[C@@H](CN)C[C@@H]1C. The quantitative estimate of drug-likeness (QED) is 0.450. The number of thioether (sulfide) groups is 1. The topological polar surface area (TPSA) is 74.7 Å². The molecule has 1 fully saturated rings. The summed E-state index contributed by atoms with van der Waals surface area (Å²) in [4.78, 5) is 4.59. The van der Waals surface area contributed by atoms with Crippen molar-refractivity contribution in [2.75, 3.05) is 18.1 Å². The number of anilines is 1. The molecule has 1 heterocycles. The number of rotatable bonds is 6. The molecule has 0 unspecified atom stereocenters. The van der Waals surface area contributed by atoms with Gasteiger partial charge in [-0.15, -0.1) is 17.7 Å². The predicted octanol–water partition coefficient (Wildman–Crippen LogP) is 5.08. The van der Waals surface area contributed by atoms with Crippen LogP contribution in [0.4, 0.5) is 10.1 Å². The lowest BCUT2D eigenvalue weighted by Crippen LogP contribution is -2.49. The van der Waals surface area contributed by atoms with Gasteiger partial charge in [0, 0.05) is 17.8 Å². The first-order valence-corrected chi connectivity index (χ1v) is 11.6. The molecule has 152 valence electrons. The Morgan fingerprint density at radius 2 is 2.24 bits per heavy atom. The van der Waals surface area contributed by atoms with Crippen LogP contribution in [0, 0.1) is 40.8 Å². The van der Waals surface area contributed by atoms with Crippen LogP contribution in [0.1, 0.15) is 37.8 Å². The van der Waals surface area contributed by atoms with Gasteiger partial charge in [0.1, 0.15) is 10.5 Å². The minimum Gasteiger partial charge on any atom is -0.380 e. The summed E-state index contributed by atoms with van der Waals surface area (Å²) < 4.78 is 15.6. The van der Waals surface area contributed by atoms with E-state index in [1.165, 1.54) is 11.8 Å². The number of pyridine rings is 1. The summed E-state index contributed by atoms with van der Waals surface area (Å²) >= 11 is 4.82. The van der Waals surface area contributed by atoms with Gasteiger partial charge in [0.2, 0.25) is 0 Å². The van der Waals surface area contributed by atoms with E-state index in [9.17, 15) is 0 Å². The molecule has 2 aromatic rings.